The van der Waals surface area contributed by atoms with Gasteiger partial charge in [-0.2, -0.15) is 0 Å². The highest BCUT2D eigenvalue weighted by molar-refractivity contribution is 5.79. The van der Waals surface area contributed by atoms with Crippen LogP contribution in [0.2, 0.25) is 0 Å². The Balaban J connectivity index is 1.03. The minimum atomic E-state index is -2.11. The molecule has 14 N–H and O–H groups in total. The highest BCUT2D eigenvalue weighted by Crippen LogP contribution is 2.76. The topological polar surface area (TPSA) is 391 Å². The summed E-state index contributed by atoms with van der Waals surface area (Å²) in [6.45, 7) is 9.85. The fourth-order valence-electron chi connectivity index (χ4n) is 16.2. The molecule has 29 atom stereocenters. The molecule has 446 valence electrons. The van der Waals surface area contributed by atoms with Crippen LogP contribution in [0.15, 0.2) is 11.6 Å². The lowest BCUT2D eigenvalue weighted by Crippen LogP contribution is -2.67. The standard InChI is InChI=1S/C54H86O24/c1-49(2)13-15-54(16-14-52(5)23(24(54)17-49)7-8-30-50(3)11-10-31(59)51(4,22-58)29(50)9-12-53(30,52)6)48(70)78-46-41(69)42(35(63)28(75-46)21-71-44-39(67)36(64)32(60)25(18-55)72-44)76-47-43(38(66)34(62)27(20-57)74-47)77-45-40(68)37(65)33(61)26(19-56)73-45/h7,22,24-47,55-57,59-69H,8-21H2,1-6H3/t24-,25+,26+,27+,28+,29+,30+,31-,32+,33+,34-,35-,36-,37-,38-,39+,40+,41+,42-,43+,44+,45-,46-,47-,50-,51-,52+,53+,54-/m0/s1. The summed E-state index contributed by atoms with van der Waals surface area (Å²) >= 11 is 0. The van der Waals surface area contributed by atoms with Gasteiger partial charge in [0.15, 0.2) is 18.9 Å². The van der Waals surface area contributed by atoms with Crippen LogP contribution in [0.4, 0.5) is 0 Å². The third kappa shape index (κ3) is 9.77. The Bertz CT molecular complexity index is 2170. The molecular weight excluding hydrogens is 1030 g/mol. The molecule has 78 heavy (non-hydrogen) atoms. The number of carbonyl (C=O) groups is 2. The zero-order valence-electron chi connectivity index (χ0n) is 45.3. The summed E-state index contributed by atoms with van der Waals surface area (Å²) in [5, 5.41) is 152. The molecule has 0 aromatic rings. The van der Waals surface area contributed by atoms with Crippen molar-refractivity contribution in [2.75, 3.05) is 26.4 Å². The van der Waals surface area contributed by atoms with Crippen molar-refractivity contribution in [3.05, 3.63) is 11.6 Å². The second-order valence-corrected chi connectivity index (χ2v) is 26.0. The summed E-state index contributed by atoms with van der Waals surface area (Å²) in [5.41, 5.74) is -2.00. The first-order valence-electron chi connectivity index (χ1n) is 27.9. The molecule has 4 saturated carbocycles. The summed E-state index contributed by atoms with van der Waals surface area (Å²) in [4.78, 5) is 28.3. The molecular formula is C54H86O24. The van der Waals surface area contributed by atoms with Crippen molar-refractivity contribution < 1.29 is 119 Å². The maximum absolute atomic E-state index is 15.5. The number of allylic oxidation sites excluding steroid dienone is 2. The lowest BCUT2D eigenvalue weighted by Gasteiger charge is -2.71. The van der Waals surface area contributed by atoms with E-state index in [0.717, 1.165) is 31.1 Å². The fraction of sp³-hybridized carbons (Fsp3) is 0.926. The minimum absolute atomic E-state index is 0.0212. The summed E-state index contributed by atoms with van der Waals surface area (Å²) < 4.78 is 47.3. The van der Waals surface area contributed by atoms with Crippen LogP contribution in [0.5, 0.6) is 0 Å². The maximum Gasteiger partial charge on any atom is 0.315 e. The van der Waals surface area contributed by atoms with Crippen LogP contribution < -0.4 is 0 Å². The fourth-order valence-corrected chi connectivity index (χ4v) is 16.2. The average molecular weight is 1120 g/mol. The van der Waals surface area contributed by atoms with Crippen molar-refractivity contribution in [2.24, 2.45) is 50.2 Å². The molecule has 0 amide bonds. The van der Waals surface area contributed by atoms with E-state index < -0.39 is 178 Å². The van der Waals surface area contributed by atoms with Crippen molar-refractivity contribution in [2.45, 2.75) is 235 Å². The van der Waals surface area contributed by atoms with E-state index in [0.29, 0.717) is 44.9 Å². The Morgan fingerprint density at radius 1 is 0.577 bits per heavy atom. The summed E-state index contributed by atoms with van der Waals surface area (Å²) in [5.74, 6) is -0.898. The molecule has 24 nitrogen and oxygen atoms in total. The highest BCUT2D eigenvalue weighted by atomic mass is 16.8. The second kappa shape index (κ2) is 22.2. The Hall–Kier alpha value is -1.96. The van der Waals surface area contributed by atoms with Crippen molar-refractivity contribution >= 4 is 12.3 Å². The van der Waals surface area contributed by atoms with Gasteiger partial charge in [0.05, 0.1) is 43.4 Å². The molecule has 0 spiro atoms. The smallest absolute Gasteiger partial charge is 0.315 e. The second-order valence-electron chi connectivity index (χ2n) is 26.0. The quantitative estimate of drug-likeness (QED) is 0.0501. The number of rotatable bonds is 13. The number of aliphatic hydroxyl groups is 14. The van der Waals surface area contributed by atoms with Gasteiger partial charge in [-0.15, -0.1) is 0 Å². The van der Waals surface area contributed by atoms with E-state index in [2.05, 4.69) is 40.7 Å². The molecule has 0 aromatic heterocycles. The Labute approximate surface area is 453 Å². The predicted molar refractivity (Wildman–Crippen MR) is 263 cm³/mol. The molecule has 5 aliphatic carbocycles. The first-order chi connectivity index (χ1) is 36.6. The van der Waals surface area contributed by atoms with Crippen molar-refractivity contribution in [1.82, 2.24) is 0 Å². The number of aliphatic hydroxyl groups excluding tert-OH is 14. The molecule has 0 bridgehead atoms. The number of ether oxygens (including phenoxy) is 8. The predicted octanol–water partition coefficient (Wildman–Crippen LogP) is -2.86. The molecule has 9 aliphatic rings. The van der Waals surface area contributed by atoms with Gasteiger partial charge in [0.25, 0.3) is 0 Å². The van der Waals surface area contributed by atoms with Crippen molar-refractivity contribution in [1.29, 1.82) is 0 Å². The van der Waals surface area contributed by atoms with Gasteiger partial charge < -0.3 is 114 Å². The van der Waals surface area contributed by atoms with E-state index in [1.165, 1.54) is 0 Å². The van der Waals surface area contributed by atoms with E-state index >= 15 is 4.79 Å². The van der Waals surface area contributed by atoms with Crippen LogP contribution in [0.1, 0.15) is 106 Å². The molecule has 8 fully saturated rings. The van der Waals surface area contributed by atoms with Crippen LogP contribution in [0.3, 0.4) is 0 Å². The minimum Gasteiger partial charge on any atom is -0.432 e. The van der Waals surface area contributed by atoms with Crippen LogP contribution in [-0.2, 0) is 47.5 Å². The summed E-state index contributed by atoms with van der Waals surface area (Å²) in [6.07, 6.45) is -28.4. The van der Waals surface area contributed by atoms with Gasteiger partial charge in [0.1, 0.15) is 104 Å². The van der Waals surface area contributed by atoms with Crippen molar-refractivity contribution in [3.63, 3.8) is 0 Å². The monoisotopic (exact) mass is 1120 g/mol. The van der Waals surface area contributed by atoms with Gasteiger partial charge in [0, 0.05) is 0 Å². The molecule has 0 aromatic carbocycles. The third-order valence-corrected chi connectivity index (χ3v) is 21.4. The number of aldehydes is 1. The highest BCUT2D eigenvalue weighted by Gasteiger charge is 2.70. The van der Waals surface area contributed by atoms with Crippen LogP contribution in [0, 0.1) is 50.2 Å². The van der Waals surface area contributed by atoms with Gasteiger partial charge in [-0.1, -0.05) is 53.2 Å². The Morgan fingerprint density at radius 3 is 1.74 bits per heavy atom. The largest absolute Gasteiger partial charge is 0.432 e. The zero-order valence-corrected chi connectivity index (χ0v) is 45.3. The lowest BCUT2D eigenvalue weighted by molar-refractivity contribution is -0.389. The first kappa shape index (κ1) is 60.6. The molecule has 4 aliphatic heterocycles. The third-order valence-electron chi connectivity index (χ3n) is 21.4. The first-order valence-corrected chi connectivity index (χ1v) is 27.9. The number of fused-ring (bicyclic) bond motifs is 7. The molecule has 0 unspecified atom stereocenters. The van der Waals surface area contributed by atoms with E-state index in [1.54, 1.807) is 0 Å². The average Bonchev–Trinajstić information content (AvgIpc) is 3.52. The van der Waals surface area contributed by atoms with E-state index in [4.69, 9.17) is 37.9 Å². The van der Waals surface area contributed by atoms with Gasteiger partial charge in [-0.05, 0) is 104 Å². The van der Waals surface area contributed by atoms with E-state index in [9.17, 15) is 76.3 Å². The van der Waals surface area contributed by atoms with Crippen LogP contribution in [0.25, 0.3) is 0 Å². The summed E-state index contributed by atoms with van der Waals surface area (Å²) in [7, 11) is 0. The van der Waals surface area contributed by atoms with Crippen LogP contribution >= 0.6 is 0 Å². The van der Waals surface area contributed by atoms with Gasteiger partial charge in [-0.3, -0.25) is 4.79 Å². The lowest BCUT2D eigenvalue weighted by atomic mass is 9.33. The normalized spacial score (nSPS) is 54.1. The van der Waals surface area contributed by atoms with E-state index in [1.807, 2.05) is 6.92 Å². The van der Waals surface area contributed by atoms with Gasteiger partial charge in [-0.25, -0.2) is 0 Å². The molecule has 4 saturated heterocycles. The van der Waals surface area contributed by atoms with Gasteiger partial charge >= 0.3 is 5.97 Å². The Morgan fingerprint density at radius 2 is 1.13 bits per heavy atom. The molecule has 9 rings (SSSR count). The zero-order chi connectivity index (χ0) is 57.0. The number of esters is 1. The number of hydrogen-bond acceptors (Lipinski definition) is 24. The maximum atomic E-state index is 15.5. The number of hydrogen-bond donors (Lipinski definition) is 14. The molecule has 24 heteroatoms. The molecule has 4 heterocycles. The Kier molecular flexibility index (Phi) is 17.3. The SMILES string of the molecule is CC1(C)CC[C@]2(C(=O)O[C@@H]3O[C@H](CO[C@@H]4O[C@H](CO)[C@@H](O)[C@H](O)[C@H]4O)[C@H](O)[C@H](O[C@@H]4O[C@H](CO)[C@H](O)[C@H](O)[C@H]4O[C@@H]4O[C@H](CO)[C@@H](O)[C@H](O)[C@H]4O)[C@H]3O)CC[C@]3(C)C(=CC[C@@H]4[C@@]5(C)CC[C@H](O)[C@@](C)(C=O)[C@@H]5CC[C@]43C)[C@@H]2C1. The number of carbonyl (C=O) groups excluding carboxylic acids is 2. The molecule has 0 radical (unpaired) electrons. The van der Waals surface area contributed by atoms with Gasteiger partial charge in [0.2, 0.25) is 6.29 Å². The van der Waals surface area contributed by atoms with Crippen LogP contribution in [-0.4, -0.2) is 239 Å². The van der Waals surface area contributed by atoms with E-state index in [-0.39, 0.29) is 34.0 Å². The van der Waals surface area contributed by atoms with Crippen molar-refractivity contribution in [3.8, 4) is 0 Å². The summed E-state index contributed by atoms with van der Waals surface area (Å²) in [6, 6.07) is 0.